The van der Waals surface area contributed by atoms with Gasteiger partial charge < -0.3 is 14.5 Å². The number of carbonyl (C=O) groups excluding carboxylic acids is 2. The van der Waals surface area contributed by atoms with Gasteiger partial charge in [0, 0.05) is 38.9 Å². The zero-order valence-corrected chi connectivity index (χ0v) is 14.9. The van der Waals surface area contributed by atoms with Crippen LogP contribution in [-0.4, -0.2) is 76.9 Å². The number of carbonyl (C=O) groups is 2. The molecule has 8 nitrogen and oxygen atoms in total. The Kier molecular flexibility index (Phi) is 4.36. The molecular formula is C18H23N5O3. The van der Waals surface area contributed by atoms with Crippen LogP contribution in [0.1, 0.15) is 29.6 Å². The van der Waals surface area contributed by atoms with E-state index in [-0.39, 0.29) is 11.8 Å². The van der Waals surface area contributed by atoms with Gasteiger partial charge in [-0.1, -0.05) is 0 Å². The van der Waals surface area contributed by atoms with Gasteiger partial charge >= 0.3 is 0 Å². The minimum atomic E-state index is -0.431. The van der Waals surface area contributed by atoms with Gasteiger partial charge in [-0.2, -0.15) is 15.4 Å². The van der Waals surface area contributed by atoms with Crippen LogP contribution < -0.4 is 0 Å². The Morgan fingerprint density at radius 3 is 2.96 bits per heavy atom. The van der Waals surface area contributed by atoms with Gasteiger partial charge in [0.2, 0.25) is 5.91 Å². The Balaban J connectivity index is 1.50. The summed E-state index contributed by atoms with van der Waals surface area (Å²) in [5, 5.41) is 10.6. The molecule has 2 aliphatic rings. The minimum Gasteiger partial charge on any atom is -0.383 e. The molecule has 1 spiro atoms. The highest BCUT2D eigenvalue weighted by atomic mass is 16.5. The van der Waals surface area contributed by atoms with Crippen molar-refractivity contribution in [2.24, 2.45) is 5.41 Å². The summed E-state index contributed by atoms with van der Waals surface area (Å²) in [6.07, 6.45) is 2.55. The molecule has 1 aromatic carbocycles. The average molecular weight is 357 g/mol. The third-order valence-corrected chi connectivity index (χ3v) is 5.59. The number of piperidine rings is 1. The van der Waals surface area contributed by atoms with Crippen LogP contribution in [-0.2, 0) is 9.53 Å². The van der Waals surface area contributed by atoms with Crippen LogP contribution in [0.25, 0.3) is 11.0 Å². The first kappa shape index (κ1) is 17.0. The summed E-state index contributed by atoms with van der Waals surface area (Å²) >= 11 is 0. The molecule has 2 fully saturated rings. The fourth-order valence-electron chi connectivity index (χ4n) is 4.15. The molecule has 2 aromatic rings. The lowest BCUT2D eigenvalue weighted by atomic mass is 9.78. The lowest BCUT2D eigenvalue weighted by Crippen LogP contribution is -2.51. The van der Waals surface area contributed by atoms with E-state index in [4.69, 9.17) is 4.74 Å². The van der Waals surface area contributed by atoms with Gasteiger partial charge in [-0.15, -0.1) is 0 Å². The van der Waals surface area contributed by atoms with Crippen molar-refractivity contribution in [2.45, 2.75) is 19.3 Å². The maximum atomic E-state index is 13.0. The molecule has 3 heterocycles. The van der Waals surface area contributed by atoms with E-state index in [1.807, 2.05) is 4.90 Å². The number of aromatic nitrogens is 3. The molecular weight excluding hydrogens is 334 g/mol. The molecule has 1 unspecified atom stereocenters. The van der Waals surface area contributed by atoms with E-state index in [0.717, 1.165) is 31.3 Å². The molecule has 138 valence electrons. The van der Waals surface area contributed by atoms with Gasteiger partial charge in [0.25, 0.3) is 5.91 Å². The van der Waals surface area contributed by atoms with E-state index in [0.29, 0.717) is 37.3 Å². The molecule has 8 heteroatoms. The topological polar surface area (TPSA) is 91.4 Å². The van der Waals surface area contributed by atoms with Gasteiger partial charge in [0.15, 0.2) is 0 Å². The second kappa shape index (κ2) is 6.68. The fraction of sp³-hybridized carbons (Fsp3) is 0.556. The van der Waals surface area contributed by atoms with Crippen LogP contribution in [0.15, 0.2) is 18.2 Å². The number of likely N-dealkylation sites (tertiary alicyclic amines) is 2. The van der Waals surface area contributed by atoms with Gasteiger partial charge in [0.05, 0.1) is 12.0 Å². The van der Waals surface area contributed by atoms with Crippen molar-refractivity contribution in [1.82, 2.24) is 25.2 Å². The highest BCUT2D eigenvalue weighted by Gasteiger charge is 2.49. The zero-order valence-electron chi connectivity index (χ0n) is 14.9. The lowest BCUT2D eigenvalue weighted by molar-refractivity contribution is -0.146. The summed E-state index contributed by atoms with van der Waals surface area (Å²) in [4.78, 5) is 29.6. The van der Waals surface area contributed by atoms with E-state index in [1.54, 1.807) is 30.2 Å². The van der Waals surface area contributed by atoms with Gasteiger partial charge in [0.1, 0.15) is 11.0 Å². The second-order valence-corrected chi connectivity index (χ2v) is 7.17. The Morgan fingerprint density at radius 1 is 1.27 bits per heavy atom. The summed E-state index contributed by atoms with van der Waals surface area (Å²) < 4.78 is 5.12. The van der Waals surface area contributed by atoms with Crippen LogP contribution in [0.4, 0.5) is 0 Å². The van der Waals surface area contributed by atoms with E-state index in [9.17, 15) is 9.59 Å². The summed E-state index contributed by atoms with van der Waals surface area (Å²) in [5.41, 5.74) is 1.56. The molecule has 0 aliphatic carbocycles. The van der Waals surface area contributed by atoms with Crippen molar-refractivity contribution in [3.63, 3.8) is 0 Å². The fourth-order valence-corrected chi connectivity index (χ4v) is 4.15. The van der Waals surface area contributed by atoms with Gasteiger partial charge in [-0.05, 0) is 37.5 Å². The molecule has 0 bridgehead atoms. The number of methoxy groups -OCH3 is 1. The first-order valence-electron chi connectivity index (χ1n) is 9.01. The highest BCUT2D eigenvalue weighted by Crippen LogP contribution is 2.40. The largest absolute Gasteiger partial charge is 0.383 e. The van der Waals surface area contributed by atoms with Crippen molar-refractivity contribution in [3.05, 3.63) is 23.8 Å². The zero-order chi connectivity index (χ0) is 18.1. The minimum absolute atomic E-state index is 0.0476. The van der Waals surface area contributed by atoms with Crippen LogP contribution in [0, 0.1) is 5.41 Å². The number of nitrogens with zero attached hydrogens (tertiary/aromatic N) is 4. The quantitative estimate of drug-likeness (QED) is 0.883. The second-order valence-electron chi connectivity index (χ2n) is 7.17. The predicted molar refractivity (Wildman–Crippen MR) is 94.5 cm³/mol. The number of H-pyrrole nitrogens is 1. The van der Waals surface area contributed by atoms with Crippen molar-refractivity contribution in [2.75, 3.05) is 39.9 Å². The molecule has 2 amide bonds. The maximum absolute atomic E-state index is 13.0. The summed E-state index contributed by atoms with van der Waals surface area (Å²) in [7, 11) is 1.64. The number of rotatable bonds is 4. The average Bonchev–Trinajstić information content (AvgIpc) is 3.29. The standard InChI is InChI=1S/C18H23N5O3/c1-26-10-9-22-7-2-5-18(17(22)25)6-8-23(12-18)16(24)13-3-4-14-15(11-13)20-21-19-14/h3-4,11H,2,5-10,12H2,1H3,(H,19,20,21). The summed E-state index contributed by atoms with van der Waals surface area (Å²) in [6, 6.07) is 5.31. The molecule has 26 heavy (non-hydrogen) atoms. The van der Waals surface area contributed by atoms with Crippen LogP contribution in [0.5, 0.6) is 0 Å². The van der Waals surface area contributed by atoms with Gasteiger partial charge in [-0.3, -0.25) is 9.59 Å². The van der Waals surface area contributed by atoms with Crippen molar-refractivity contribution in [1.29, 1.82) is 0 Å². The maximum Gasteiger partial charge on any atom is 0.253 e. The summed E-state index contributed by atoms with van der Waals surface area (Å²) in [5.74, 6) is 0.122. The highest BCUT2D eigenvalue weighted by molar-refractivity contribution is 5.98. The van der Waals surface area contributed by atoms with Crippen LogP contribution in [0.2, 0.25) is 0 Å². The molecule has 0 radical (unpaired) electrons. The van der Waals surface area contributed by atoms with E-state index in [2.05, 4.69) is 15.4 Å². The monoisotopic (exact) mass is 357 g/mol. The van der Waals surface area contributed by atoms with E-state index in [1.165, 1.54) is 0 Å². The van der Waals surface area contributed by atoms with Crippen molar-refractivity contribution < 1.29 is 14.3 Å². The Morgan fingerprint density at radius 2 is 2.12 bits per heavy atom. The van der Waals surface area contributed by atoms with Crippen LogP contribution >= 0.6 is 0 Å². The SMILES string of the molecule is COCCN1CCCC2(CCN(C(=O)c3ccc4n[nH]nc4c3)C2)C1=O. The molecule has 1 aromatic heterocycles. The number of benzene rings is 1. The number of hydrogen-bond donors (Lipinski definition) is 1. The predicted octanol–water partition coefficient (Wildman–Crippen LogP) is 1.06. The molecule has 2 aliphatic heterocycles. The number of amides is 2. The number of hydrogen-bond acceptors (Lipinski definition) is 5. The Hall–Kier alpha value is -2.48. The molecule has 2 saturated heterocycles. The van der Waals surface area contributed by atoms with Crippen molar-refractivity contribution >= 4 is 22.8 Å². The molecule has 4 rings (SSSR count). The first-order chi connectivity index (χ1) is 12.6. The Bertz CT molecular complexity index is 835. The van der Waals surface area contributed by atoms with Gasteiger partial charge in [-0.25, -0.2) is 0 Å². The third kappa shape index (κ3) is 2.84. The molecule has 0 saturated carbocycles. The number of nitrogens with one attached hydrogen (secondary N) is 1. The smallest absolute Gasteiger partial charge is 0.253 e. The van der Waals surface area contributed by atoms with E-state index < -0.39 is 5.41 Å². The number of fused-ring (bicyclic) bond motifs is 1. The number of aromatic amines is 1. The first-order valence-corrected chi connectivity index (χ1v) is 9.01. The lowest BCUT2D eigenvalue weighted by Gasteiger charge is -2.39. The van der Waals surface area contributed by atoms with Crippen LogP contribution in [0.3, 0.4) is 0 Å². The third-order valence-electron chi connectivity index (χ3n) is 5.59. The molecule has 1 N–H and O–H groups in total. The van der Waals surface area contributed by atoms with E-state index >= 15 is 0 Å². The molecule has 1 atom stereocenters. The summed E-state index contributed by atoms with van der Waals surface area (Å²) in [6.45, 7) is 3.04. The Labute approximate surface area is 151 Å². The number of ether oxygens (including phenoxy) is 1. The normalized spacial score (nSPS) is 23.3. The van der Waals surface area contributed by atoms with Crippen molar-refractivity contribution in [3.8, 4) is 0 Å².